The number of nitrogens with zero attached hydrogens (tertiary/aromatic N) is 6. The zero-order valence-corrected chi connectivity index (χ0v) is 16.7. The molecule has 5 rings (SSSR count). The molecule has 4 aromatic rings. The molecule has 0 radical (unpaired) electrons. The van der Waals surface area contributed by atoms with Crippen molar-refractivity contribution < 1.29 is 14.3 Å². The summed E-state index contributed by atoms with van der Waals surface area (Å²) in [4.78, 5) is 12.6. The zero-order valence-electron chi connectivity index (χ0n) is 16.7. The molecule has 0 unspecified atom stereocenters. The molecule has 1 aromatic carbocycles. The van der Waals surface area contributed by atoms with Crippen LogP contribution in [0.1, 0.15) is 29.3 Å². The molecule has 1 N–H and O–H groups in total. The predicted octanol–water partition coefficient (Wildman–Crippen LogP) is 2.11. The molecule has 0 aliphatic carbocycles. The SMILES string of the molecule is COc1ccc([C@@H]2CC(=O)Nc3c2cnn3-c2ccc3nnc(C)n3n2)c(OC)c1. The topological polar surface area (TPSA) is 108 Å². The summed E-state index contributed by atoms with van der Waals surface area (Å²) in [5.74, 6) is 2.84. The summed E-state index contributed by atoms with van der Waals surface area (Å²) >= 11 is 0. The second kappa shape index (κ2) is 6.83. The van der Waals surface area contributed by atoms with Crippen LogP contribution in [-0.2, 0) is 4.79 Å². The quantitative estimate of drug-likeness (QED) is 0.554. The van der Waals surface area contributed by atoms with Crippen molar-refractivity contribution in [3.63, 3.8) is 0 Å². The second-order valence-electron chi connectivity index (χ2n) is 6.98. The average molecular weight is 405 g/mol. The van der Waals surface area contributed by atoms with Crippen LogP contribution in [0.5, 0.6) is 11.5 Å². The minimum absolute atomic E-state index is 0.103. The smallest absolute Gasteiger partial charge is 0.226 e. The first-order chi connectivity index (χ1) is 14.6. The molecule has 152 valence electrons. The number of aromatic nitrogens is 6. The molecule has 0 spiro atoms. The van der Waals surface area contributed by atoms with Gasteiger partial charge in [0.2, 0.25) is 5.91 Å². The van der Waals surface area contributed by atoms with E-state index in [1.165, 1.54) is 0 Å². The first-order valence-corrected chi connectivity index (χ1v) is 9.38. The number of amides is 1. The third-order valence-corrected chi connectivity index (χ3v) is 5.26. The molecule has 0 saturated heterocycles. The summed E-state index contributed by atoms with van der Waals surface area (Å²) in [6.07, 6.45) is 2.05. The number of fused-ring (bicyclic) bond motifs is 2. The maximum absolute atomic E-state index is 12.6. The second-order valence-corrected chi connectivity index (χ2v) is 6.98. The van der Waals surface area contributed by atoms with Crippen molar-refractivity contribution >= 4 is 17.4 Å². The lowest BCUT2D eigenvalue weighted by molar-refractivity contribution is -0.116. The normalized spacial score (nSPS) is 15.7. The highest BCUT2D eigenvalue weighted by Gasteiger charge is 2.32. The van der Waals surface area contributed by atoms with Crippen molar-refractivity contribution in [2.45, 2.75) is 19.3 Å². The molecule has 1 aliphatic rings. The van der Waals surface area contributed by atoms with Gasteiger partial charge in [-0.25, -0.2) is 0 Å². The first kappa shape index (κ1) is 18.1. The summed E-state index contributed by atoms with van der Waals surface area (Å²) in [5.41, 5.74) is 2.43. The first-order valence-electron chi connectivity index (χ1n) is 9.38. The number of carbonyl (C=O) groups is 1. The van der Waals surface area contributed by atoms with Gasteiger partial charge in [-0.3, -0.25) is 4.79 Å². The highest BCUT2D eigenvalue weighted by atomic mass is 16.5. The van der Waals surface area contributed by atoms with Crippen LogP contribution in [0, 0.1) is 6.92 Å². The van der Waals surface area contributed by atoms with E-state index in [1.807, 2.05) is 31.2 Å². The Labute approximate surface area is 171 Å². The molecule has 0 bridgehead atoms. The minimum atomic E-state index is -0.205. The number of carbonyl (C=O) groups excluding carboxylic acids is 1. The largest absolute Gasteiger partial charge is 0.497 e. The van der Waals surface area contributed by atoms with E-state index in [0.717, 1.165) is 11.1 Å². The van der Waals surface area contributed by atoms with Crippen LogP contribution in [0.15, 0.2) is 36.5 Å². The monoisotopic (exact) mass is 405 g/mol. The molecule has 0 fully saturated rings. The van der Waals surface area contributed by atoms with Gasteiger partial charge in [0.05, 0.1) is 20.4 Å². The van der Waals surface area contributed by atoms with Crippen LogP contribution in [0.2, 0.25) is 0 Å². The van der Waals surface area contributed by atoms with Crippen molar-refractivity contribution in [2.75, 3.05) is 19.5 Å². The summed E-state index contributed by atoms with van der Waals surface area (Å²) in [6, 6.07) is 9.20. The average Bonchev–Trinajstić information content (AvgIpc) is 3.36. The molecule has 1 amide bonds. The Morgan fingerprint density at radius 2 is 1.97 bits per heavy atom. The van der Waals surface area contributed by atoms with Crippen molar-refractivity contribution in [1.82, 2.24) is 29.6 Å². The molecule has 1 atom stereocenters. The molecular formula is C20H19N7O3. The van der Waals surface area contributed by atoms with Gasteiger partial charge in [-0.1, -0.05) is 6.07 Å². The van der Waals surface area contributed by atoms with Gasteiger partial charge in [0, 0.05) is 29.5 Å². The van der Waals surface area contributed by atoms with Gasteiger partial charge >= 0.3 is 0 Å². The third kappa shape index (κ3) is 2.76. The number of hydrogen-bond donors (Lipinski definition) is 1. The Kier molecular flexibility index (Phi) is 4.12. The number of nitrogens with one attached hydrogen (secondary N) is 1. The van der Waals surface area contributed by atoms with E-state index in [0.29, 0.717) is 41.0 Å². The standard InChI is InChI=1S/C20H19N7O3/c1-11-23-24-17-6-7-18(25-26(11)17)27-20-15(10-21-27)14(9-19(28)22-20)13-5-4-12(29-2)8-16(13)30-3/h4-8,10,14H,9H2,1-3H3,(H,22,28)/t14-/m0/s1. The third-order valence-electron chi connectivity index (χ3n) is 5.26. The van der Waals surface area contributed by atoms with Crippen LogP contribution in [0.3, 0.4) is 0 Å². The van der Waals surface area contributed by atoms with Crippen LogP contribution >= 0.6 is 0 Å². The molecule has 1 aliphatic heterocycles. The Morgan fingerprint density at radius 3 is 2.77 bits per heavy atom. The summed E-state index contributed by atoms with van der Waals surface area (Å²) in [7, 11) is 3.21. The fourth-order valence-corrected chi connectivity index (χ4v) is 3.78. The van der Waals surface area contributed by atoms with Gasteiger partial charge in [-0.15, -0.1) is 15.3 Å². The van der Waals surface area contributed by atoms with Gasteiger partial charge in [-0.05, 0) is 25.1 Å². The van der Waals surface area contributed by atoms with Crippen molar-refractivity contribution in [1.29, 1.82) is 0 Å². The van der Waals surface area contributed by atoms with Gasteiger partial charge < -0.3 is 14.8 Å². The highest BCUT2D eigenvalue weighted by Crippen LogP contribution is 2.42. The Morgan fingerprint density at radius 1 is 1.10 bits per heavy atom. The number of rotatable bonds is 4. The van der Waals surface area contributed by atoms with Crippen LogP contribution < -0.4 is 14.8 Å². The summed E-state index contributed by atoms with van der Waals surface area (Å²) in [6.45, 7) is 1.82. The van der Waals surface area contributed by atoms with Crippen molar-refractivity contribution in [2.24, 2.45) is 0 Å². The summed E-state index contributed by atoms with van der Waals surface area (Å²) < 4.78 is 14.1. The number of hydrogen-bond acceptors (Lipinski definition) is 7. The lowest BCUT2D eigenvalue weighted by atomic mass is 9.86. The number of ether oxygens (including phenoxy) is 2. The Bertz CT molecular complexity index is 1280. The molecule has 0 saturated carbocycles. The fraction of sp³-hybridized carbons (Fsp3) is 0.250. The van der Waals surface area contributed by atoms with E-state index < -0.39 is 0 Å². The summed E-state index contributed by atoms with van der Waals surface area (Å²) in [5, 5.41) is 20.1. The van der Waals surface area contributed by atoms with Crippen LogP contribution in [0.25, 0.3) is 11.5 Å². The molecule has 3 aromatic heterocycles. The Balaban J connectivity index is 1.63. The van der Waals surface area contributed by atoms with E-state index in [9.17, 15) is 4.79 Å². The lowest BCUT2D eigenvalue weighted by Gasteiger charge is -2.25. The van der Waals surface area contributed by atoms with Crippen LogP contribution in [-0.4, -0.2) is 49.7 Å². The van der Waals surface area contributed by atoms with E-state index >= 15 is 0 Å². The maximum atomic E-state index is 12.6. The van der Waals surface area contributed by atoms with E-state index in [-0.39, 0.29) is 11.8 Å². The molecule has 4 heterocycles. The van der Waals surface area contributed by atoms with E-state index in [2.05, 4.69) is 25.7 Å². The zero-order chi connectivity index (χ0) is 20.8. The predicted molar refractivity (Wildman–Crippen MR) is 107 cm³/mol. The highest BCUT2D eigenvalue weighted by molar-refractivity contribution is 5.94. The minimum Gasteiger partial charge on any atom is -0.497 e. The van der Waals surface area contributed by atoms with Crippen molar-refractivity contribution in [3.05, 3.63) is 53.5 Å². The number of aryl methyl sites for hydroxylation is 1. The molecule has 30 heavy (non-hydrogen) atoms. The van der Waals surface area contributed by atoms with Gasteiger partial charge in [0.25, 0.3) is 0 Å². The van der Waals surface area contributed by atoms with E-state index in [4.69, 9.17) is 9.47 Å². The molecule has 10 nitrogen and oxygen atoms in total. The number of methoxy groups -OCH3 is 2. The molecular weight excluding hydrogens is 386 g/mol. The lowest BCUT2D eigenvalue weighted by Crippen LogP contribution is -2.25. The Hall–Kier alpha value is -3.95. The van der Waals surface area contributed by atoms with Crippen molar-refractivity contribution in [3.8, 4) is 17.3 Å². The molecule has 10 heteroatoms. The number of anilines is 1. The van der Waals surface area contributed by atoms with Gasteiger partial charge in [0.1, 0.15) is 17.3 Å². The number of benzene rings is 1. The fourth-order valence-electron chi connectivity index (χ4n) is 3.78. The maximum Gasteiger partial charge on any atom is 0.226 e. The van der Waals surface area contributed by atoms with Crippen LogP contribution in [0.4, 0.5) is 5.82 Å². The van der Waals surface area contributed by atoms with Gasteiger partial charge in [-0.2, -0.15) is 14.3 Å². The van der Waals surface area contributed by atoms with Gasteiger partial charge in [0.15, 0.2) is 17.3 Å². The van der Waals surface area contributed by atoms with E-state index in [1.54, 1.807) is 35.7 Å².